The molecular weight excluding hydrogens is 230 g/mol. The van der Waals surface area contributed by atoms with Gasteiger partial charge in [0.25, 0.3) is 0 Å². The van der Waals surface area contributed by atoms with E-state index in [1.165, 1.54) is 7.11 Å². The topological polar surface area (TPSA) is 64.1 Å². The van der Waals surface area contributed by atoms with Crippen LogP contribution in [0.3, 0.4) is 0 Å². The summed E-state index contributed by atoms with van der Waals surface area (Å²) in [5, 5.41) is 3.20. The summed E-state index contributed by atoms with van der Waals surface area (Å²) in [6.45, 7) is 9.17. The zero-order valence-corrected chi connectivity index (χ0v) is 11.7. The zero-order chi connectivity index (χ0) is 13.8. The number of nitrogens with zero attached hydrogens (tertiary/aromatic N) is 2. The number of hydrogen-bond acceptors (Lipinski definition) is 5. The van der Waals surface area contributed by atoms with Gasteiger partial charge in [-0.15, -0.1) is 0 Å². The van der Waals surface area contributed by atoms with Crippen LogP contribution in [0.1, 0.15) is 43.5 Å². The van der Waals surface area contributed by atoms with Crippen molar-refractivity contribution in [3.8, 4) is 0 Å². The largest absolute Gasteiger partial charge is 0.463 e. The average molecular weight is 251 g/mol. The Bertz CT molecular complexity index is 425. The SMILES string of the molecule is COC(=O)c1nc(C)cc(NCCC(C)(C)C)n1. The lowest BCUT2D eigenvalue weighted by atomic mass is 9.92. The van der Waals surface area contributed by atoms with Gasteiger partial charge in [-0.1, -0.05) is 20.8 Å². The second-order valence-electron chi connectivity index (χ2n) is 5.45. The molecule has 0 radical (unpaired) electrons. The molecule has 1 aromatic rings. The summed E-state index contributed by atoms with van der Waals surface area (Å²) < 4.78 is 4.61. The summed E-state index contributed by atoms with van der Waals surface area (Å²) in [5.41, 5.74) is 1.00. The molecule has 0 saturated carbocycles. The molecule has 1 aromatic heterocycles. The second kappa shape index (κ2) is 5.80. The van der Waals surface area contributed by atoms with Gasteiger partial charge < -0.3 is 10.1 Å². The summed E-state index contributed by atoms with van der Waals surface area (Å²) in [5.74, 6) is 0.237. The van der Waals surface area contributed by atoms with Crippen LogP contribution in [0.4, 0.5) is 5.82 Å². The van der Waals surface area contributed by atoms with E-state index in [9.17, 15) is 4.79 Å². The fourth-order valence-corrected chi connectivity index (χ4v) is 1.41. The molecule has 5 heteroatoms. The van der Waals surface area contributed by atoms with E-state index < -0.39 is 5.97 Å². The standard InChI is InChI=1S/C13H21N3O2/c1-9-8-10(14-7-6-13(2,3)4)16-11(15-9)12(17)18-5/h8H,6-7H2,1-5H3,(H,14,15,16). The van der Waals surface area contributed by atoms with Crippen molar-refractivity contribution < 1.29 is 9.53 Å². The molecule has 0 bridgehead atoms. The van der Waals surface area contributed by atoms with E-state index in [0.717, 1.165) is 18.7 Å². The van der Waals surface area contributed by atoms with Gasteiger partial charge in [-0.2, -0.15) is 0 Å². The lowest BCUT2D eigenvalue weighted by Gasteiger charge is -2.18. The monoisotopic (exact) mass is 251 g/mol. The first kappa shape index (κ1) is 14.4. The predicted molar refractivity (Wildman–Crippen MR) is 70.7 cm³/mol. The molecule has 0 atom stereocenters. The first-order chi connectivity index (χ1) is 8.31. The van der Waals surface area contributed by atoms with E-state index in [2.05, 4.69) is 40.8 Å². The molecule has 1 heterocycles. The molecule has 0 aliphatic heterocycles. The van der Waals surface area contributed by atoms with E-state index in [1.54, 1.807) is 0 Å². The number of aromatic nitrogens is 2. The quantitative estimate of drug-likeness (QED) is 0.832. The molecular formula is C13H21N3O2. The van der Waals surface area contributed by atoms with Gasteiger partial charge in [0.05, 0.1) is 7.11 Å². The van der Waals surface area contributed by atoms with Gasteiger partial charge >= 0.3 is 5.97 Å². The van der Waals surface area contributed by atoms with E-state index in [-0.39, 0.29) is 11.2 Å². The summed E-state index contributed by atoms with van der Waals surface area (Å²) in [4.78, 5) is 19.5. The number of aryl methyl sites for hydroxylation is 1. The molecule has 0 amide bonds. The number of hydrogen-bond donors (Lipinski definition) is 1. The van der Waals surface area contributed by atoms with Crippen LogP contribution >= 0.6 is 0 Å². The lowest BCUT2D eigenvalue weighted by molar-refractivity contribution is 0.0586. The van der Waals surface area contributed by atoms with Crippen LogP contribution < -0.4 is 5.32 Å². The maximum Gasteiger partial charge on any atom is 0.376 e. The van der Waals surface area contributed by atoms with E-state index in [0.29, 0.717) is 5.82 Å². The number of rotatable bonds is 4. The fourth-order valence-electron chi connectivity index (χ4n) is 1.41. The van der Waals surface area contributed by atoms with Crippen molar-refractivity contribution in [2.24, 2.45) is 5.41 Å². The third kappa shape index (κ3) is 4.69. The molecule has 0 aromatic carbocycles. The summed E-state index contributed by atoms with van der Waals surface area (Å²) in [6, 6.07) is 1.81. The highest BCUT2D eigenvalue weighted by molar-refractivity contribution is 5.85. The average Bonchev–Trinajstić information content (AvgIpc) is 2.25. The Kier molecular flexibility index (Phi) is 4.64. The molecule has 100 valence electrons. The highest BCUT2D eigenvalue weighted by atomic mass is 16.5. The highest BCUT2D eigenvalue weighted by Gasteiger charge is 2.12. The van der Waals surface area contributed by atoms with Crippen LogP contribution in [0.2, 0.25) is 0 Å². The third-order valence-corrected chi connectivity index (χ3v) is 2.40. The number of ether oxygens (including phenoxy) is 1. The minimum atomic E-state index is -0.516. The van der Waals surface area contributed by atoms with Crippen molar-refractivity contribution >= 4 is 11.8 Å². The van der Waals surface area contributed by atoms with E-state index in [1.807, 2.05) is 13.0 Å². The summed E-state index contributed by atoms with van der Waals surface area (Å²) in [7, 11) is 1.32. The smallest absolute Gasteiger partial charge is 0.376 e. The van der Waals surface area contributed by atoms with Crippen LogP contribution in [0.25, 0.3) is 0 Å². The van der Waals surface area contributed by atoms with Gasteiger partial charge in [0.1, 0.15) is 5.82 Å². The second-order valence-corrected chi connectivity index (χ2v) is 5.45. The number of esters is 1. The Balaban J connectivity index is 2.71. The molecule has 1 rings (SSSR count). The van der Waals surface area contributed by atoms with Gasteiger partial charge in [0.15, 0.2) is 0 Å². The van der Waals surface area contributed by atoms with Crippen molar-refractivity contribution in [2.45, 2.75) is 34.1 Å². The summed E-state index contributed by atoms with van der Waals surface area (Å²) in [6.07, 6.45) is 1.02. The van der Waals surface area contributed by atoms with Crippen molar-refractivity contribution in [1.82, 2.24) is 9.97 Å². The summed E-state index contributed by atoms with van der Waals surface area (Å²) >= 11 is 0. The molecule has 0 unspecified atom stereocenters. The minimum Gasteiger partial charge on any atom is -0.463 e. The first-order valence-electron chi connectivity index (χ1n) is 6.00. The Labute approximate surface area is 108 Å². The maximum absolute atomic E-state index is 11.4. The Morgan fingerprint density at radius 3 is 2.61 bits per heavy atom. The van der Waals surface area contributed by atoms with Gasteiger partial charge in [0.2, 0.25) is 5.82 Å². The van der Waals surface area contributed by atoms with Crippen molar-refractivity contribution in [1.29, 1.82) is 0 Å². The number of nitrogens with one attached hydrogen (secondary N) is 1. The lowest BCUT2D eigenvalue weighted by Crippen LogP contribution is -2.15. The molecule has 0 spiro atoms. The Hall–Kier alpha value is -1.65. The van der Waals surface area contributed by atoms with Crippen LogP contribution in [0.15, 0.2) is 6.07 Å². The first-order valence-corrected chi connectivity index (χ1v) is 6.00. The van der Waals surface area contributed by atoms with Crippen molar-refractivity contribution in [3.63, 3.8) is 0 Å². The van der Waals surface area contributed by atoms with Gasteiger partial charge in [-0.3, -0.25) is 0 Å². The molecule has 1 N–H and O–H groups in total. The number of methoxy groups -OCH3 is 1. The molecule has 18 heavy (non-hydrogen) atoms. The van der Waals surface area contributed by atoms with Crippen molar-refractivity contribution in [3.05, 3.63) is 17.6 Å². The predicted octanol–water partition coefficient (Wildman–Crippen LogP) is 2.42. The van der Waals surface area contributed by atoms with E-state index >= 15 is 0 Å². The fraction of sp³-hybridized carbons (Fsp3) is 0.615. The number of anilines is 1. The van der Waals surface area contributed by atoms with Crippen LogP contribution in [0.5, 0.6) is 0 Å². The normalized spacial score (nSPS) is 11.2. The number of carbonyl (C=O) groups is 1. The van der Waals surface area contributed by atoms with E-state index in [4.69, 9.17) is 0 Å². The zero-order valence-electron chi connectivity index (χ0n) is 11.7. The van der Waals surface area contributed by atoms with Crippen molar-refractivity contribution in [2.75, 3.05) is 19.0 Å². The molecule has 0 fully saturated rings. The molecule has 0 aliphatic carbocycles. The third-order valence-electron chi connectivity index (χ3n) is 2.40. The molecule has 0 saturated heterocycles. The molecule has 5 nitrogen and oxygen atoms in total. The van der Waals surface area contributed by atoms with Gasteiger partial charge in [-0.25, -0.2) is 14.8 Å². The maximum atomic E-state index is 11.4. The highest BCUT2D eigenvalue weighted by Crippen LogP contribution is 2.18. The van der Waals surface area contributed by atoms with Crippen LogP contribution in [-0.2, 0) is 4.74 Å². The van der Waals surface area contributed by atoms with Gasteiger partial charge in [0, 0.05) is 18.3 Å². The number of carbonyl (C=O) groups excluding carboxylic acids is 1. The van der Waals surface area contributed by atoms with Crippen LogP contribution in [0, 0.1) is 12.3 Å². The Morgan fingerprint density at radius 2 is 2.06 bits per heavy atom. The molecule has 0 aliphatic rings. The minimum absolute atomic E-state index is 0.0933. The van der Waals surface area contributed by atoms with Gasteiger partial charge in [-0.05, 0) is 18.8 Å². The van der Waals surface area contributed by atoms with Crippen LogP contribution in [-0.4, -0.2) is 29.6 Å². The Morgan fingerprint density at radius 1 is 1.39 bits per heavy atom.